The molecule has 2 N–H and O–H groups in total. The molecule has 0 bridgehead atoms. The minimum Gasteiger partial charge on any atom is -0.371 e. The number of ether oxygens (including phenoxy) is 1. The lowest BCUT2D eigenvalue weighted by Crippen LogP contribution is -2.40. The highest BCUT2D eigenvalue weighted by Crippen LogP contribution is 2.13. The molecule has 0 aromatic carbocycles. The molecule has 6 heteroatoms. The minimum atomic E-state index is -4.23. The summed E-state index contributed by atoms with van der Waals surface area (Å²) in [5.41, 5.74) is 0.0640. The van der Waals surface area contributed by atoms with Gasteiger partial charge in [0, 0.05) is 25.2 Å². The van der Waals surface area contributed by atoms with E-state index in [2.05, 4.69) is 36.1 Å². The molecule has 0 rings (SSSR count). The van der Waals surface area contributed by atoms with Gasteiger partial charge in [-0.1, -0.05) is 0 Å². The Bertz CT molecular complexity index is 158. The average Bonchev–Trinajstić information content (AvgIpc) is 2.06. The summed E-state index contributed by atoms with van der Waals surface area (Å²) in [6.07, 6.45) is -4.23. The summed E-state index contributed by atoms with van der Waals surface area (Å²) in [4.78, 5) is 0. The second-order valence-corrected chi connectivity index (χ2v) is 4.59. The number of alkyl halides is 3. The third kappa shape index (κ3) is 13.7. The van der Waals surface area contributed by atoms with Crippen LogP contribution in [0.15, 0.2) is 0 Å². The predicted octanol–water partition coefficient (Wildman–Crippen LogP) is 1.54. The van der Waals surface area contributed by atoms with Crippen LogP contribution in [0.25, 0.3) is 0 Å². The molecular formula is C10H21F3N2O. The van der Waals surface area contributed by atoms with E-state index in [4.69, 9.17) is 0 Å². The van der Waals surface area contributed by atoms with Crippen molar-refractivity contribution >= 4 is 0 Å². The first kappa shape index (κ1) is 15.7. The van der Waals surface area contributed by atoms with E-state index in [0.717, 1.165) is 6.54 Å². The van der Waals surface area contributed by atoms with Crippen LogP contribution < -0.4 is 10.6 Å². The van der Waals surface area contributed by atoms with Crippen molar-refractivity contribution < 1.29 is 17.9 Å². The highest BCUT2D eigenvalue weighted by atomic mass is 19.4. The Balaban J connectivity index is 3.17. The third-order valence-electron chi connectivity index (χ3n) is 1.65. The second-order valence-electron chi connectivity index (χ2n) is 4.59. The zero-order valence-corrected chi connectivity index (χ0v) is 10.1. The van der Waals surface area contributed by atoms with Gasteiger partial charge in [-0.3, -0.25) is 0 Å². The molecule has 0 radical (unpaired) electrons. The van der Waals surface area contributed by atoms with Gasteiger partial charge in [-0.15, -0.1) is 0 Å². The zero-order chi connectivity index (χ0) is 12.7. The van der Waals surface area contributed by atoms with Crippen molar-refractivity contribution in [1.29, 1.82) is 0 Å². The molecule has 0 fully saturated rings. The van der Waals surface area contributed by atoms with E-state index in [1.807, 2.05) is 0 Å². The summed E-state index contributed by atoms with van der Waals surface area (Å²) >= 11 is 0. The van der Waals surface area contributed by atoms with Crippen molar-refractivity contribution in [2.75, 3.05) is 32.8 Å². The van der Waals surface area contributed by atoms with Gasteiger partial charge in [0.05, 0.1) is 6.61 Å². The van der Waals surface area contributed by atoms with Crippen molar-refractivity contribution in [3.63, 3.8) is 0 Å². The highest BCUT2D eigenvalue weighted by molar-refractivity contribution is 4.70. The molecule has 0 unspecified atom stereocenters. The second kappa shape index (κ2) is 7.09. The fourth-order valence-electron chi connectivity index (χ4n) is 0.983. The fourth-order valence-corrected chi connectivity index (χ4v) is 0.983. The summed E-state index contributed by atoms with van der Waals surface area (Å²) in [5.74, 6) is 0. The monoisotopic (exact) mass is 242 g/mol. The maximum absolute atomic E-state index is 11.7. The van der Waals surface area contributed by atoms with Crippen LogP contribution >= 0.6 is 0 Å². The van der Waals surface area contributed by atoms with Gasteiger partial charge >= 0.3 is 6.18 Å². The number of rotatable bonds is 7. The Morgan fingerprint density at radius 3 is 2.12 bits per heavy atom. The van der Waals surface area contributed by atoms with Crippen LogP contribution in [0.5, 0.6) is 0 Å². The maximum atomic E-state index is 11.7. The molecule has 0 aliphatic carbocycles. The third-order valence-corrected chi connectivity index (χ3v) is 1.65. The van der Waals surface area contributed by atoms with Gasteiger partial charge in [-0.05, 0) is 20.8 Å². The van der Waals surface area contributed by atoms with Crippen molar-refractivity contribution in [3.05, 3.63) is 0 Å². The van der Waals surface area contributed by atoms with Crippen LogP contribution in [-0.2, 0) is 4.74 Å². The first-order valence-corrected chi connectivity index (χ1v) is 5.31. The van der Waals surface area contributed by atoms with Crippen molar-refractivity contribution in [2.24, 2.45) is 0 Å². The van der Waals surface area contributed by atoms with Crippen LogP contribution in [-0.4, -0.2) is 44.6 Å². The average molecular weight is 242 g/mol. The van der Waals surface area contributed by atoms with Gasteiger partial charge in [0.1, 0.15) is 6.61 Å². The van der Waals surface area contributed by atoms with Crippen LogP contribution in [0, 0.1) is 0 Å². The van der Waals surface area contributed by atoms with E-state index in [9.17, 15) is 13.2 Å². The summed E-state index contributed by atoms with van der Waals surface area (Å²) in [7, 11) is 0. The maximum Gasteiger partial charge on any atom is 0.411 e. The standard InChI is InChI=1S/C10H21F3N2O/c1-9(2,3)15-5-4-14-6-7-16-8-10(11,12)13/h14-15H,4-8H2,1-3H3. The molecule has 0 saturated heterocycles. The largest absolute Gasteiger partial charge is 0.411 e. The quantitative estimate of drug-likeness (QED) is 0.664. The lowest BCUT2D eigenvalue weighted by Gasteiger charge is -2.20. The van der Waals surface area contributed by atoms with Gasteiger partial charge in [-0.25, -0.2) is 0 Å². The van der Waals surface area contributed by atoms with Crippen LogP contribution in [0.1, 0.15) is 20.8 Å². The molecule has 98 valence electrons. The molecule has 0 aromatic rings. The van der Waals surface area contributed by atoms with E-state index in [-0.39, 0.29) is 12.1 Å². The van der Waals surface area contributed by atoms with Crippen LogP contribution in [0.2, 0.25) is 0 Å². The molecule has 0 saturated carbocycles. The SMILES string of the molecule is CC(C)(C)NCCNCCOCC(F)(F)F. The Hall–Kier alpha value is -0.330. The lowest BCUT2D eigenvalue weighted by atomic mass is 10.1. The normalized spacial score (nSPS) is 13.1. The Morgan fingerprint density at radius 1 is 1.00 bits per heavy atom. The highest BCUT2D eigenvalue weighted by Gasteiger charge is 2.27. The van der Waals surface area contributed by atoms with E-state index < -0.39 is 12.8 Å². The van der Waals surface area contributed by atoms with E-state index in [1.165, 1.54) is 0 Å². The van der Waals surface area contributed by atoms with Crippen LogP contribution in [0.3, 0.4) is 0 Å². The summed E-state index contributed by atoms with van der Waals surface area (Å²) in [5, 5.41) is 6.24. The molecular weight excluding hydrogens is 221 g/mol. The predicted molar refractivity (Wildman–Crippen MR) is 57.5 cm³/mol. The molecule has 0 aromatic heterocycles. The van der Waals surface area contributed by atoms with Crippen LogP contribution in [0.4, 0.5) is 13.2 Å². The Kier molecular flexibility index (Phi) is 6.94. The fraction of sp³-hybridized carbons (Fsp3) is 1.00. The van der Waals surface area contributed by atoms with Crippen molar-refractivity contribution in [3.8, 4) is 0 Å². The van der Waals surface area contributed by atoms with Gasteiger partial charge in [0.2, 0.25) is 0 Å². The van der Waals surface area contributed by atoms with Crippen molar-refractivity contribution in [1.82, 2.24) is 10.6 Å². The number of halogens is 3. The molecule has 0 spiro atoms. The summed E-state index contributed by atoms with van der Waals surface area (Å²) < 4.78 is 39.4. The summed E-state index contributed by atoms with van der Waals surface area (Å²) in [6, 6.07) is 0. The molecule has 0 amide bonds. The van der Waals surface area contributed by atoms with E-state index in [0.29, 0.717) is 13.1 Å². The molecule has 3 nitrogen and oxygen atoms in total. The number of hydrogen-bond donors (Lipinski definition) is 2. The Labute approximate surface area is 94.7 Å². The molecule has 16 heavy (non-hydrogen) atoms. The van der Waals surface area contributed by atoms with Gasteiger partial charge in [0.15, 0.2) is 0 Å². The minimum absolute atomic E-state index is 0.0640. The number of hydrogen-bond acceptors (Lipinski definition) is 3. The number of nitrogens with one attached hydrogen (secondary N) is 2. The topological polar surface area (TPSA) is 33.3 Å². The molecule has 0 heterocycles. The van der Waals surface area contributed by atoms with E-state index in [1.54, 1.807) is 0 Å². The summed E-state index contributed by atoms with van der Waals surface area (Å²) in [6.45, 7) is 7.00. The first-order chi connectivity index (χ1) is 7.21. The van der Waals surface area contributed by atoms with Gasteiger partial charge in [0.25, 0.3) is 0 Å². The molecule has 0 aliphatic rings. The zero-order valence-electron chi connectivity index (χ0n) is 10.1. The lowest BCUT2D eigenvalue weighted by molar-refractivity contribution is -0.173. The van der Waals surface area contributed by atoms with Gasteiger partial charge < -0.3 is 15.4 Å². The van der Waals surface area contributed by atoms with E-state index >= 15 is 0 Å². The smallest absolute Gasteiger partial charge is 0.371 e. The Morgan fingerprint density at radius 2 is 1.62 bits per heavy atom. The first-order valence-electron chi connectivity index (χ1n) is 5.31. The molecule has 0 aliphatic heterocycles. The van der Waals surface area contributed by atoms with Gasteiger partial charge in [-0.2, -0.15) is 13.2 Å². The van der Waals surface area contributed by atoms with Crippen molar-refractivity contribution in [2.45, 2.75) is 32.5 Å². The molecule has 0 atom stereocenters.